The van der Waals surface area contributed by atoms with Crippen LogP contribution in [0.25, 0.3) is 0 Å². The molecule has 0 saturated carbocycles. The molecule has 1 heterocycles. The number of carbonyl (C=O) groups is 1. The molecular formula is C12H24N2O2. The van der Waals surface area contributed by atoms with Crippen LogP contribution in [0.3, 0.4) is 0 Å². The first kappa shape index (κ1) is 13.5. The molecule has 4 heteroatoms. The largest absolute Gasteiger partial charge is 0.376 e. The highest BCUT2D eigenvalue weighted by atomic mass is 16.5. The summed E-state index contributed by atoms with van der Waals surface area (Å²) in [6.45, 7) is 8.52. The van der Waals surface area contributed by atoms with E-state index in [2.05, 4.69) is 5.32 Å². The standard InChI is InChI=1S/C12H24N2O2/c1-5-6-11(3,13)10(15)14-12(4)7-8-16-9(12)2/h9H,5-8,13H2,1-4H3,(H,14,15). The number of carbonyl (C=O) groups excluding carboxylic acids is 1. The third-order valence-corrected chi connectivity index (χ3v) is 3.57. The lowest BCUT2D eigenvalue weighted by atomic mass is 9.90. The second kappa shape index (κ2) is 4.72. The van der Waals surface area contributed by atoms with E-state index in [4.69, 9.17) is 10.5 Å². The van der Waals surface area contributed by atoms with Gasteiger partial charge in [-0.1, -0.05) is 13.3 Å². The van der Waals surface area contributed by atoms with Gasteiger partial charge in [-0.15, -0.1) is 0 Å². The lowest BCUT2D eigenvalue weighted by molar-refractivity contribution is -0.128. The molecule has 3 N–H and O–H groups in total. The molecule has 0 aromatic heterocycles. The molecule has 3 unspecified atom stereocenters. The van der Waals surface area contributed by atoms with Crippen molar-refractivity contribution in [2.75, 3.05) is 6.61 Å². The molecule has 16 heavy (non-hydrogen) atoms. The van der Waals surface area contributed by atoms with Gasteiger partial charge in [0.1, 0.15) is 0 Å². The molecule has 0 bridgehead atoms. The summed E-state index contributed by atoms with van der Waals surface area (Å²) in [6, 6.07) is 0. The number of rotatable bonds is 4. The first-order valence-corrected chi connectivity index (χ1v) is 6.05. The third kappa shape index (κ3) is 2.74. The Morgan fingerprint density at radius 1 is 1.69 bits per heavy atom. The van der Waals surface area contributed by atoms with Crippen molar-refractivity contribution in [2.45, 2.75) is 64.1 Å². The van der Waals surface area contributed by atoms with Gasteiger partial charge in [-0.3, -0.25) is 4.79 Å². The van der Waals surface area contributed by atoms with E-state index in [-0.39, 0.29) is 17.6 Å². The van der Waals surface area contributed by atoms with Crippen molar-refractivity contribution in [3.8, 4) is 0 Å². The normalized spacial score (nSPS) is 33.4. The van der Waals surface area contributed by atoms with E-state index in [1.807, 2.05) is 20.8 Å². The van der Waals surface area contributed by atoms with Gasteiger partial charge in [-0.2, -0.15) is 0 Å². The van der Waals surface area contributed by atoms with Gasteiger partial charge in [0, 0.05) is 6.61 Å². The number of hydrogen-bond donors (Lipinski definition) is 2. The molecule has 94 valence electrons. The van der Waals surface area contributed by atoms with Crippen LogP contribution in [0.5, 0.6) is 0 Å². The van der Waals surface area contributed by atoms with E-state index in [9.17, 15) is 4.79 Å². The Morgan fingerprint density at radius 2 is 2.31 bits per heavy atom. The Morgan fingerprint density at radius 3 is 2.75 bits per heavy atom. The summed E-state index contributed by atoms with van der Waals surface area (Å²) >= 11 is 0. The highest BCUT2D eigenvalue weighted by molar-refractivity contribution is 5.86. The lowest BCUT2D eigenvalue weighted by Gasteiger charge is -2.33. The molecule has 0 radical (unpaired) electrons. The van der Waals surface area contributed by atoms with E-state index in [1.54, 1.807) is 6.92 Å². The summed E-state index contributed by atoms with van der Waals surface area (Å²) < 4.78 is 5.49. The molecule has 0 aromatic carbocycles. The van der Waals surface area contributed by atoms with Gasteiger partial charge < -0.3 is 15.8 Å². The van der Waals surface area contributed by atoms with E-state index >= 15 is 0 Å². The molecule has 4 nitrogen and oxygen atoms in total. The first-order valence-electron chi connectivity index (χ1n) is 6.05. The quantitative estimate of drug-likeness (QED) is 0.759. The van der Waals surface area contributed by atoms with Crippen molar-refractivity contribution in [3.05, 3.63) is 0 Å². The SMILES string of the molecule is CCCC(C)(N)C(=O)NC1(C)CCOC1C. The van der Waals surface area contributed by atoms with Crippen LogP contribution in [-0.2, 0) is 9.53 Å². The summed E-state index contributed by atoms with van der Waals surface area (Å²) in [5, 5.41) is 3.04. The van der Waals surface area contributed by atoms with Crippen molar-refractivity contribution in [1.29, 1.82) is 0 Å². The monoisotopic (exact) mass is 228 g/mol. The lowest BCUT2D eigenvalue weighted by Crippen LogP contribution is -2.60. The highest BCUT2D eigenvalue weighted by Crippen LogP contribution is 2.26. The minimum absolute atomic E-state index is 0.0499. The molecule has 1 saturated heterocycles. The number of ether oxygens (including phenoxy) is 1. The molecular weight excluding hydrogens is 204 g/mol. The van der Waals surface area contributed by atoms with Crippen LogP contribution >= 0.6 is 0 Å². The number of amides is 1. The van der Waals surface area contributed by atoms with Crippen LogP contribution < -0.4 is 11.1 Å². The minimum Gasteiger partial charge on any atom is -0.376 e. The Hall–Kier alpha value is -0.610. The van der Waals surface area contributed by atoms with Gasteiger partial charge >= 0.3 is 0 Å². The van der Waals surface area contributed by atoms with E-state index in [0.717, 1.165) is 12.8 Å². The van der Waals surface area contributed by atoms with Crippen LogP contribution in [0.15, 0.2) is 0 Å². The minimum atomic E-state index is -0.778. The van der Waals surface area contributed by atoms with Crippen molar-refractivity contribution >= 4 is 5.91 Å². The van der Waals surface area contributed by atoms with E-state index in [0.29, 0.717) is 13.0 Å². The number of nitrogens with one attached hydrogen (secondary N) is 1. The summed E-state index contributed by atoms with van der Waals surface area (Å²) in [4.78, 5) is 12.1. The average Bonchev–Trinajstić information content (AvgIpc) is 2.46. The Balaban J connectivity index is 2.63. The summed E-state index contributed by atoms with van der Waals surface area (Å²) in [5.41, 5.74) is 4.95. The predicted molar refractivity (Wildman–Crippen MR) is 64.1 cm³/mol. The van der Waals surface area contributed by atoms with Crippen molar-refractivity contribution < 1.29 is 9.53 Å². The number of hydrogen-bond acceptors (Lipinski definition) is 3. The van der Waals surface area contributed by atoms with Gasteiger partial charge in [0.05, 0.1) is 17.2 Å². The fraction of sp³-hybridized carbons (Fsp3) is 0.917. The Labute approximate surface area is 97.9 Å². The maximum Gasteiger partial charge on any atom is 0.240 e. The van der Waals surface area contributed by atoms with E-state index in [1.165, 1.54) is 0 Å². The van der Waals surface area contributed by atoms with Gasteiger partial charge in [0.25, 0.3) is 0 Å². The first-order chi connectivity index (χ1) is 7.32. The third-order valence-electron chi connectivity index (χ3n) is 3.57. The Kier molecular flexibility index (Phi) is 3.97. The van der Waals surface area contributed by atoms with Gasteiger partial charge in [0.2, 0.25) is 5.91 Å². The smallest absolute Gasteiger partial charge is 0.240 e. The molecule has 1 fully saturated rings. The van der Waals surface area contributed by atoms with Crippen LogP contribution in [0.4, 0.5) is 0 Å². The van der Waals surface area contributed by atoms with E-state index < -0.39 is 5.54 Å². The van der Waals surface area contributed by atoms with Crippen molar-refractivity contribution in [2.24, 2.45) is 5.73 Å². The van der Waals surface area contributed by atoms with Crippen LogP contribution in [0, 0.1) is 0 Å². The molecule has 0 aliphatic carbocycles. The summed E-state index contributed by atoms with van der Waals surface area (Å²) in [7, 11) is 0. The van der Waals surface area contributed by atoms with Crippen LogP contribution in [0.1, 0.15) is 47.0 Å². The maximum atomic E-state index is 12.1. The molecule has 1 aliphatic rings. The Bertz CT molecular complexity index is 266. The molecule has 0 aromatic rings. The van der Waals surface area contributed by atoms with Gasteiger partial charge in [-0.05, 0) is 33.6 Å². The molecule has 0 spiro atoms. The zero-order valence-electron chi connectivity index (χ0n) is 10.8. The topological polar surface area (TPSA) is 64.4 Å². The average molecular weight is 228 g/mol. The van der Waals surface area contributed by atoms with Gasteiger partial charge in [-0.25, -0.2) is 0 Å². The fourth-order valence-corrected chi connectivity index (χ4v) is 2.03. The van der Waals surface area contributed by atoms with Crippen LogP contribution in [-0.4, -0.2) is 29.7 Å². The second-order valence-electron chi connectivity index (χ2n) is 5.30. The predicted octanol–water partition coefficient (Wildman–Crippen LogP) is 1.19. The van der Waals surface area contributed by atoms with Crippen molar-refractivity contribution in [1.82, 2.24) is 5.32 Å². The summed E-state index contributed by atoms with van der Waals surface area (Å²) in [6.07, 6.45) is 2.50. The number of nitrogens with two attached hydrogens (primary N) is 1. The van der Waals surface area contributed by atoms with Gasteiger partial charge in [0.15, 0.2) is 0 Å². The molecule has 3 atom stereocenters. The van der Waals surface area contributed by atoms with Crippen LogP contribution in [0.2, 0.25) is 0 Å². The fourth-order valence-electron chi connectivity index (χ4n) is 2.03. The highest BCUT2D eigenvalue weighted by Gasteiger charge is 2.41. The van der Waals surface area contributed by atoms with Crippen molar-refractivity contribution in [3.63, 3.8) is 0 Å². The summed E-state index contributed by atoms with van der Waals surface area (Å²) in [5.74, 6) is -0.0748. The molecule has 1 amide bonds. The molecule has 1 aliphatic heterocycles. The zero-order chi connectivity index (χ0) is 12.4. The zero-order valence-corrected chi connectivity index (χ0v) is 10.8. The second-order valence-corrected chi connectivity index (χ2v) is 5.30. The molecule has 1 rings (SSSR count). The maximum absolute atomic E-state index is 12.1.